The number of alkyl halides is 3. The maximum absolute atomic E-state index is 12.6. The van der Waals surface area contributed by atoms with E-state index in [0.717, 1.165) is 21.6 Å². The number of aliphatic imine (C=N–C) groups is 1. The Balaban J connectivity index is 2.01. The number of allylic oxidation sites excluding steroid dienone is 4. The Kier molecular flexibility index (Phi) is 2.59. The molecular formula is C13H8F3NS. The van der Waals surface area contributed by atoms with Crippen LogP contribution in [-0.2, 0) is 0 Å². The molecule has 1 heterocycles. The molecule has 1 nitrogen and oxygen atoms in total. The molecule has 0 N–H and O–H groups in total. The van der Waals surface area contributed by atoms with E-state index in [4.69, 9.17) is 0 Å². The summed E-state index contributed by atoms with van der Waals surface area (Å²) in [5, 5.41) is 0. The minimum atomic E-state index is -4.27. The van der Waals surface area contributed by atoms with Crippen molar-refractivity contribution < 1.29 is 13.2 Å². The summed E-state index contributed by atoms with van der Waals surface area (Å²) in [6.07, 6.45) is -1.76. The van der Waals surface area contributed by atoms with Crippen LogP contribution in [0.1, 0.15) is 6.42 Å². The molecule has 0 atom stereocenters. The lowest BCUT2D eigenvalue weighted by atomic mass is 10.0. The van der Waals surface area contributed by atoms with Gasteiger partial charge in [-0.2, -0.15) is 13.2 Å². The zero-order valence-electron chi connectivity index (χ0n) is 9.16. The van der Waals surface area contributed by atoms with Gasteiger partial charge in [-0.15, -0.1) is 0 Å². The molecule has 1 aromatic carbocycles. The first-order chi connectivity index (χ1) is 8.54. The molecule has 0 fully saturated rings. The molecule has 0 bridgehead atoms. The summed E-state index contributed by atoms with van der Waals surface area (Å²) >= 11 is 1.47. The first kappa shape index (κ1) is 11.6. The summed E-state index contributed by atoms with van der Waals surface area (Å²) in [5.41, 5.74) is 0.719. The van der Waals surface area contributed by atoms with Crippen molar-refractivity contribution in [3.05, 3.63) is 46.9 Å². The highest BCUT2D eigenvalue weighted by Gasteiger charge is 2.36. The predicted molar refractivity (Wildman–Crippen MR) is 66.2 cm³/mol. The summed E-state index contributed by atoms with van der Waals surface area (Å²) in [4.78, 5) is 6.11. The van der Waals surface area contributed by atoms with Crippen molar-refractivity contribution in [1.82, 2.24) is 0 Å². The SMILES string of the molecule is FC(F)(F)C1=CC=C2Sc3ccccc3N=C2C1. The second-order valence-corrected chi connectivity index (χ2v) is 5.11. The molecule has 3 rings (SSSR count). The van der Waals surface area contributed by atoms with Gasteiger partial charge in [0, 0.05) is 21.8 Å². The summed E-state index contributed by atoms with van der Waals surface area (Å²) in [5.74, 6) is 0. The lowest BCUT2D eigenvalue weighted by Gasteiger charge is -2.22. The van der Waals surface area contributed by atoms with E-state index >= 15 is 0 Å². The second-order valence-electron chi connectivity index (χ2n) is 4.03. The predicted octanol–water partition coefficient (Wildman–Crippen LogP) is 4.64. The van der Waals surface area contributed by atoms with Gasteiger partial charge in [-0.05, 0) is 18.2 Å². The first-order valence-corrected chi connectivity index (χ1v) is 6.18. The Morgan fingerprint density at radius 2 is 1.89 bits per heavy atom. The van der Waals surface area contributed by atoms with Crippen LogP contribution >= 0.6 is 11.8 Å². The summed E-state index contributed by atoms with van der Waals surface area (Å²) in [6, 6.07) is 7.47. The summed E-state index contributed by atoms with van der Waals surface area (Å²) in [6.45, 7) is 0. The quantitative estimate of drug-likeness (QED) is 0.667. The molecule has 0 radical (unpaired) electrons. The number of fused-ring (bicyclic) bond motifs is 2. The second kappa shape index (κ2) is 4.02. The van der Waals surface area contributed by atoms with E-state index < -0.39 is 11.7 Å². The molecule has 0 saturated heterocycles. The molecule has 0 saturated carbocycles. The van der Waals surface area contributed by atoms with E-state index in [1.54, 1.807) is 0 Å². The molecule has 0 aromatic heterocycles. The number of rotatable bonds is 0. The van der Waals surface area contributed by atoms with Gasteiger partial charge < -0.3 is 0 Å². The van der Waals surface area contributed by atoms with E-state index in [1.165, 1.54) is 17.8 Å². The Bertz CT molecular complexity index is 596. The fourth-order valence-corrected chi connectivity index (χ4v) is 2.85. The van der Waals surface area contributed by atoms with Crippen molar-refractivity contribution in [1.29, 1.82) is 0 Å². The number of thioether (sulfide) groups is 1. The highest BCUT2D eigenvalue weighted by molar-refractivity contribution is 8.04. The standard InChI is InChI=1S/C13H8F3NS/c14-13(15,16)8-5-6-12-10(7-8)17-9-3-1-2-4-11(9)18-12/h1-6H,7H2. The van der Waals surface area contributed by atoms with Gasteiger partial charge in [0.25, 0.3) is 0 Å². The van der Waals surface area contributed by atoms with Gasteiger partial charge in [0.15, 0.2) is 0 Å². The van der Waals surface area contributed by atoms with Crippen LogP contribution in [0.3, 0.4) is 0 Å². The number of hydrogen-bond acceptors (Lipinski definition) is 2. The van der Waals surface area contributed by atoms with E-state index in [2.05, 4.69) is 4.99 Å². The fourth-order valence-electron chi connectivity index (χ4n) is 1.88. The van der Waals surface area contributed by atoms with E-state index in [-0.39, 0.29) is 6.42 Å². The number of para-hydroxylation sites is 1. The Morgan fingerprint density at radius 1 is 1.11 bits per heavy atom. The molecule has 18 heavy (non-hydrogen) atoms. The minimum absolute atomic E-state index is 0.142. The molecule has 2 aliphatic rings. The third-order valence-electron chi connectivity index (χ3n) is 2.78. The Morgan fingerprint density at radius 3 is 2.67 bits per heavy atom. The van der Waals surface area contributed by atoms with Crippen LogP contribution in [0.25, 0.3) is 0 Å². The molecule has 5 heteroatoms. The van der Waals surface area contributed by atoms with Crippen molar-refractivity contribution in [2.24, 2.45) is 4.99 Å². The molecule has 1 aromatic rings. The van der Waals surface area contributed by atoms with Crippen LogP contribution in [0, 0.1) is 0 Å². The highest BCUT2D eigenvalue weighted by atomic mass is 32.2. The highest BCUT2D eigenvalue weighted by Crippen LogP contribution is 2.44. The van der Waals surface area contributed by atoms with Gasteiger partial charge in [0.2, 0.25) is 0 Å². The van der Waals surface area contributed by atoms with Gasteiger partial charge in [0.05, 0.1) is 11.4 Å². The molecule has 1 aliphatic carbocycles. The maximum atomic E-state index is 12.6. The van der Waals surface area contributed by atoms with Gasteiger partial charge in [0.1, 0.15) is 0 Å². The zero-order valence-corrected chi connectivity index (χ0v) is 9.98. The molecule has 0 unspecified atom stereocenters. The van der Waals surface area contributed by atoms with Crippen molar-refractivity contribution in [3.8, 4) is 0 Å². The number of nitrogens with zero attached hydrogens (tertiary/aromatic N) is 1. The van der Waals surface area contributed by atoms with Crippen molar-refractivity contribution >= 4 is 23.2 Å². The molecule has 0 spiro atoms. The van der Waals surface area contributed by atoms with Crippen molar-refractivity contribution in [2.75, 3.05) is 0 Å². The van der Waals surface area contributed by atoms with Crippen LogP contribution in [0.15, 0.2) is 56.8 Å². The molecular weight excluding hydrogens is 259 g/mol. The maximum Gasteiger partial charge on any atom is 0.413 e. The number of hydrogen-bond donors (Lipinski definition) is 0. The topological polar surface area (TPSA) is 12.4 Å². The van der Waals surface area contributed by atoms with Crippen LogP contribution < -0.4 is 0 Å². The average Bonchev–Trinajstić information content (AvgIpc) is 2.34. The lowest BCUT2D eigenvalue weighted by molar-refractivity contribution is -0.0925. The molecule has 0 amide bonds. The fraction of sp³-hybridized carbons (Fsp3) is 0.154. The van der Waals surface area contributed by atoms with Crippen LogP contribution in [0.2, 0.25) is 0 Å². The molecule has 92 valence electrons. The average molecular weight is 267 g/mol. The van der Waals surface area contributed by atoms with E-state index in [1.807, 2.05) is 24.3 Å². The Labute approximate surface area is 106 Å². The van der Waals surface area contributed by atoms with Gasteiger partial charge in [-0.25, -0.2) is 0 Å². The largest absolute Gasteiger partial charge is 0.413 e. The van der Waals surface area contributed by atoms with Crippen molar-refractivity contribution in [3.63, 3.8) is 0 Å². The van der Waals surface area contributed by atoms with E-state index in [9.17, 15) is 13.2 Å². The third kappa shape index (κ3) is 1.99. The minimum Gasteiger partial charge on any atom is -0.251 e. The van der Waals surface area contributed by atoms with Gasteiger partial charge in [-0.1, -0.05) is 30.0 Å². The smallest absolute Gasteiger partial charge is 0.251 e. The van der Waals surface area contributed by atoms with E-state index in [0.29, 0.717) is 5.71 Å². The Hall–Kier alpha value is -1.49. The number of halogens is 3. The van der Waals surface area contributed by atoms with Crippen LogP contribution in [-0.4, -0.2) is 11.9 Å². The lowest BCUT2D eigenvalue weighted by Crippen LogP contribution is -2.19. The summed E-state index contributed by atoms with van der Waals surface area (Å²) < 4.78 is 37.9. The monoisotopic (exact) mass is 267 g/mol. The third-order valence-corrected chi connectivity index (χ3v) is 3.94. The van der Waals surface area contributed by atoms with Gasteiger partial charge in [-0.3, -0.25) is 4.99 Å². The normalized spacial score (nSPS) is 18.3. The summed E-state index contributed by atoms with van der Waals surface area (Å²) in [7, 11) is 0. The van der Waals surface area contributed by atoms with Crippen LogP contribution in [0.5, 0.6) is 0 Å². The van der Waals surface area contributed by atoms with Crippen LogP contribution in [0.4, 0.5) is 18.9 Å². The first-order valence-electron chi connectivity index (χ1n) is 5.37. The van der Waals surface area contributed by atoms with Crippen molar-refractivity contribution in [2.45, 2.75) is 17.5 Å². The zero-order chi connectivity index (χ0) is 12.8. The number of benzene rings is 1. The molecule has 1 aliphatic heterocycles. The van der Waals surface area contributed by atoms with Gasteiger partial charge >= 0.3 is 6.18 Å².